The van der Waals surface area contributed by atoms with Gasteiger partial charge in [-0.25, -0.2) is 4.79 Å². The molecule has 3 heteroatoms. The third-order valence-corrected chi connectivity index (χ3v) is 1.94. The zero-order valence-corrected chi connectivity index (χ0v) is 7.13. The molecule has 0 spiro atoms. The van der Waals surface area contributed by atoms with Crippen molar-refractivity contribution in [2.45, 2.75) is 6.92 Å². The van der Waals surface area contributed by atoms with Gasteiger partial charge >= 0.3 is 14.0 Å². The Hall–Kier alpha value is -1.01. The summed E-state index contributed by atoms with van der Waals surface area (Å²) >= 11 is 0. The van der Waals surface area contributed by atoms with Gasteiger partial charge in [0.1, 0.15) is 0 Å². The molecular weight excluding hydrogens is 159 g/mol. The average molecular weight is 167 g/mol. The molecule has 1 aromatic carbocycles. The van der Waals surface area contributed by atoms with Crippen LogP contribution in [0.2, 0.25) is 0 Å². The van der Waals surface area contributed by atoms with Crippen molar-refractivity contribution in [2.24, 2.45) is 0 Å². The monoisotopic (exact) mass is 167 g/mol. The van der Waals surface area contributed by atoms with E-state index in [-0.39, 0.29) is 5.52 Å². The van der Waals surface area contributed by atoms with Gasteiger partial charge in [0.2, 0.25) is 0 Å². The predicted molar refractivity (Wildman–Crippen MR) is 44.5 cm³/mol. The maximum absolute atomic E-state index is 10.9. The van der Waals surface area contributed by atoms with Gasteiger partial charge in [-0.2, -0.15) is 0 Å². The van der Waals surface area contributed by atoms with E-state index in [1.165, 1.54) is 0 Å². The van der Waals surface area contributed by atoms with Crippen LogP contribution in [-0.4, -0.2) is 5.52 Å². The van der Waals surface area contributed by atoms with E-state index in [0.717, 1.165) is 5.56 Å². The predicted octanol–water partition coefficient (Wildman–Crippen LogP) is 2.16. The lowest BCUT2D eigenvalue weighted by atomic mass is 10.1. The molecule has 1 atom stereocenters. The van der Waals surface area contributed by atoms with Crippen molar-refractivity contribution in [2.75, 3.05) is 0 Å². The van der Waals surface area contributed by atoms with Crippen LogP contribution in [0.25, 0.3) is 0 Å². The molecular formula is C8H8O2P+. The number of carbonyl (C=O) groups excluding carboxylic acids is 1. The Morgan fingerprint density at radius 3 is 2.55 bits per heavy atom. The van der Waals surface area contributed by atoms with Gasteiger partial charge in [-0.05, 0) is 18.6 Å². The summed E-state index contributed by atoms with van der Waals surface area (Å²) in [5.74, 6) is 0. The average Bonchev–Trinajstić information content (AvgIpc) is 2.04. The van der Waals surface area contributed by atoms with Crippen molar-refractivity contribution in [1.82, 2.24) is 0 Å². The van der Waals surface area contributed by atoms with Crippen molar-refractivity contribution < 1.29 is 9.36 Å². The van der Waals surface area contributed by atoms with E-state index in [0.29, 0.717) is 5.56 Å². The van der Waals surface area contributed by atoms with E-state index in [1.54, 1.807) is 12.1 Å². The number of aryl methyl sites for hydroxylation is 1. The maximum Gasteiger partial charge on any atom is 0.406 e. The smallest absolute Gasteiger partial charge is 0.234 e. The highest BCUT2D eigenvalue weighted by atomic mass is 31.1. The lowest BCUT2D eigenvalue weighted by molar-refractivity contribution is 0.108. The van der Waals surface area contributed by atoms with Crippen LogP contribution < -0.4 is 0 Å². The van der Waals surface area contributed by atoms with E-state index < -0.39 is 8.46 Å². The molecule has 0 radical (unpaired) electrons. The minimum atomic E-state index is -0.884. The highest BCUT2D eigenvalue weighted by molar-refractivity contribution is 7.47. The van der Waals surface area contributed by atoms with E-state index in [4.69, 9.17) is 0 Å². The highest BCUT2D eigenvalue weighted by Crippen LogP contribution is 2.13. The summed E-state index contributed by atoms with van der Waals surface area (Å²) in [6.45, 7) is 1.83. The fraction of sp³-hybridized carbons (Fsp3) is 0.125. The fourth-order valence-corrected chi connectivity index (χ4v) is 1.27. The third-order valence-electron chi connectivity index (χ3n) is 1.48. The van der Waals surface area contributed by atoms with Gasteiger partial charge < -0.3 is 0 Å². The first-order chi connectivity index (χ1) is 5.25. The molecule has 0 N–H and O–H groups in total. The first kappa shape index (κ1) is 8.09. The normalized spacial score (nSPS) is 9.91. The summed E-state index contributed by atoms with van der Waals surface area (Å²) in [7, 11) is -0.884. The van der Waals surface area contributed by atoms with E-state index >= 15 is 0 Å². The molecule has 1 unspecified atom stereocenters. The van der Waals surface area contributed by atoms with Gasteiger partial charge in [0, 0.05) is 0 Å². The van der Waals surface area contributed by atoms with Gasteiger partial charge in [-0.1, -0.05) is 22.8 Å². The minimum absolute atomic E-state index is 0.303. The Kier molecular flexibility index (Phi) is 2.50. The number of rotatable bonds is 2. The topological polar surface area (TPSA) is 34.1 Å². The third kappa shape index (κ3) is 1.72. The van der Waals surface area contributed by atoms with Gasteiger partial charge in [-0.3, -0.25) is 0 Å². The number of hydrogen-bond acceptors (Lipinski definition) is 2. The SMILES string of the molecule is Cc1ccccc1C(=O)[PH+]=O. The molecule has 56 valence electrons. The number of carbonyl (C=O) groups is 1. The molecule has 0 saturated heterocycles. The van der Waals surface area contributed by atoms with E-state index in [2.05, 4.69) is 0 Å². The first-order valence-corrected chi connectivity index (χ1v) is 4.14. The molecule has 0 saturated carbocycles. The largest absolute Gasteiger partial charge is 0.406 e. The van der Waals surface area contributed by atoms with Crippen LogP contribution in [0.4, 0.5) is 0 Å². The molecule has 0 bridgehead atoms. The van der Waals surface area contributed by atoms with Crippen LogP contribution in [0.3, 0.4) is 0 Å². The van der Waals surface area contributed by atoms with Crippen LogP contribution in [0.15, 0.2) is 24.3 Å². The van der Waals surface area contributed by atoms with Crippen molar-refractivity contribution in [3.63, 3.8) is 0 Å². The molecule has 1 rings (SSSR count). The molecule has 2 nitrogen and oxygen atoms in total. The quantitative estimate of drug-likeness (QED) is 0.632. The van der Waals surface area contributed by atoms with Crippen LogP contribution >= 0.6 is 8.46 Å². The Morgan fingerprint density at radius 1 is 1.36 bits per heavy atom. The summed E-state index contributed by atoms with van der Waals surface area (Å²) < 4.78 is 10.3. The molecule has 1 aromatic rings. The van der Waals surface area contributed by atoms with Gasteiger partial charge in [-0.15, -0.1) is 0 Å². The second-order valence-corrected chi connectivity index (χ2v) is 2.90. The van der Waals surface area contributed by atoms with Gasteiger partial charge in [0.25, 0.3) is 0 Å². The van der Waals surface area contributed by atoms with Gasteiger partial charge in [0.15, 0.2) is 0 Å². The zero-order chi connectivity index (χ0) is 8.27. The van der Waals surface area contributed by atoms with Crippen LogP contribution in [0.5, 0.6) is 0 Å². The molecule has 0 fully saturated rings. The van der Waals surface area contributed by atoms with Crippen molar-refractivity contribution in [3.8, 4) is 0 Å². The lowest BCUT2D eigenvalue weighted by Crippen LogP contribution is -1.91. The second-order valence-electron chi connectivity index (χ2n) is 2.25. The standard InChI is InChI=1S/C8H7O2P/c1-6-4-2-3-5-7(6)8(9)11-10/h2-5H,1H3/p+1. The molecule has 0 aromatic heterocycles. The minimum Gasteiger partial charge on any atom is -0.234 e. The number of hydrogen-bond donors (Lipinski definition) is 0. The molecule has 0 aliphatic rings. The van der Waals surface area contributed by atoms with E-state index in [9.17, 15) is 9.36 Å². The van der Waals surface area contributed by atoms with Crippen molar-refractivity contribution in [1.29, 1.82) is 0 Å². The maximum atomic E-state index is 10.9. The zero-order valence-electron chi connectivity index (χ0n) is 6.13. The molecule has 0 heterocycles. The van der Waals surface area contributed by atoms with E-state index in [1.807, 2.05) is 19.1 Å². The summed E-state index contributed by atoms with van der Waals surface area (Å²) in [5.41, 5.74) is 1.13. The van der Waals surface area contributed by atoms with Crippen LogP contribution in [0, 0.1) is 6.92 Å². The summed E-state index contributed by atoms with van der Waals surface area (Å²) in [5, 5.41) is 0. The molecule has 0 aliphatic heterocycles. The molecule has 0 amide bonds. The second kappa shape index (κ2) is 3.40. The van der Waals surface area contributed by atoms with Gasteiger partial charge in [0.05, 0.1) is 5.56 Å². The summed E-state index contributed by atoms with van der Waals surface area (Å²) in [6, 6.07) is 7.12. The van der Waals surface area contributed by atoms with Crippen molar-refractivity contribution >= 4 is 14.0 Å². The summed E-state index contributed by atoms with van der Waals surface area (Å²) in [6.07, 6.45) is 0. The Bertz CT molecular complexity index is 294. The lowest BCUT2D eigenvalue weighted by Gasteiger charge is -1.93. The summed E-state index contributed by atoms with van der Waals surface area (Å²) in [4.78, 5) is 10.9. The number of benzene rings is 1. The van der Waals surface area contributed by atoms with Crippen LogP contribution in [0.1, 0.15) is 15.9 Å². The Morgan fingerprint density at radius 2 is 2.00 bits per heavy atom. The first-order valence-electron chi connectivity index (χ1n) is 3.24. The van der Waals surface area contributed by atoms with Crippen LogP contribution in [-0.2, 0) is 4.57 Å². The molecule has 0 aliphatic carbocycles. The highest BCUT2D eigenvalue weighted by Gasteiger charge is 2.14. The fourth-order valence-electron chi connectivity index (χ4n) is 0.883. The Labute approximate surface area is 66.4 Å². The Balaban J connectivity index is 3.13. The van der Waals surface area contributed by atoms with Crippen molar-refractivity contribution in [3.05, 3.63) is 35.4 Å². The molecule has 11 heavy (non-hydrogen) atoms.